The van der Waals surface area contributed by atoms with Gasteiger partial charge in [0.05, 0.1) is 5.52 Å². The SMILES string of the molecule is Cc1ccc(C)c2[nH]c(=O)c([C@@H](c3nnnn3CCc3ccccc3)N3CCSCC3)cc12. The molecule has 1 fully saturated rings. The summed E-state index contributed by atoms with van der Waals surface area (Å²) < 4.78 is 1.87. The summed E-state index contributed by atoms with van der Waals surface area (Å²) in [5, 5.41) is 13.8. The van der Waals surface area contributed by atoms with Crippen LogP contribution in [0.1, 0.15) is 34.1 Å². The lowest BCUT2D eigenvalue weighted by atomic mass is 9.99. The van der Waals surface area contributed by atoms with Gasteiger partial charge in [-0.3, -0.25) is 9.69 Å². The van der Waals surface area contributed by atoms with Crippen molar-refractivity contribution in [2.75, 3.05) is 24.6 Å². The second-order valence-corrected chi connectivity index (χ2v) is 9.81. The highest BCUT2D eigenvalue weighted by molar-refractivity contribution is 7.99. The number of hydrogen-bond donors (Lipinski definition) is 1. The number of fused-ring (bicyclic) bond motifs is 1. The Morgan fingerprint density at radius 1 is 1.06 bits per heavy atom. The summed E-state index contributed by atoms with van der Waals surface area (Å²) in [6, 6.07) is 16.3. The van der Waals surface area contributed by atoms with Crippen LogP contribution in [-0.4, -0.2) is 54.7 Å². The van der Waals surface area contributed by atoms with Crippen LogP contribution in [0.3, 0.4) is 0 Å². The molecule has 1 saturated heterocycles. The van der Waals surface area contributed by atoms with E-state index in [9.17, 15) is 4.79 Å². The highest BCUT2D eigenvalue weighted by atomic mass is 32.2. The average Bonchev–Trinajstić information content (AvgIpc) is 3.30. The van der Waals surface area contributed by atoms with Gasteiger partial charge in [-0.2, -0.15) is 11.8 Å². The highest BCUT2D eigenvalue weighted by Crippen LogP contribution is 2.30. The molecule has 0 unspecified atom stereocenters. The highest BCUT2D eigenvalue weighted by Gasteiger charge is 2.31. The van der Waals surface area contributed by atoms with E-state index < -0.39 is 0 Å². The predicted molar refractivity (Wildman–Crippen MR) is 133 cm³/mol. The molecule has 8 heteroatoms. The number of hydrogen-bond acceptors (Lipinski definition) is 6. The second-order valence-electron chi connectivity index (χ2n) is 8.59. The minimum Gasteiger partial charge on any atom is -0.321 e. The molecule has 33 heavy (non-hydrogen) atoms. The smallest absolute Gasteiger partial charge is 0.253 e. The van der Waals surface area contributed by atoms with Crippen molar-refractivity contribution in [1.29, 1.82) is 0 Å². The Morgan fingerprint density at radius 2 is 1.82 bits per heavy atom. The van der Waals surface area contributed by atoms with Crippen molar-refractivity contribution >= 4 is 22.7 Å². The number of aryl methyl sites for hydroxylation is 4. The maximum Gasteiger partial charge on any atom is 0.253 e. The van der Waals surface area contributed by atoms with Crippen LogP contribution < -0.4 is 5.56 Å². The van der Waals surface area contributed by atoms with Crippen LogP contribution in [0.4, 0.5) is 0 Å². The van der Waals surface area contributed by atoms with Crippen LogP contribution in [0.5, 0.6) is 0 Å². The van der Waals surface area contributed by atoms with Crippen LogP contribution in [0, 0.1) is 13.8 Å². The number of thioether (sulfide) groups is 1. The number of rotatable bonds is 6. The first-order valence-corrected chi connectivity index (χ1v) is 12.5. The van der Waals surface area contributed by atoms with Gasteiger partial charge in [0.25, 0.3) is 5.56 Å². The molecule has 2 aromatic carbocycles. The molecule has 1 aliphatic heterocycles. The Labute approximate surface area is 197 Å². The third-order valence-electron chi connectivity index (χ3n) is 6.44. The minimum absolute atomic E-state index is 0.0722. The molecular formula is C25H28N6OS. The fraction of sp³-hybridized carbons (Fsp3) is 0.360. The normalized spacial score (nSPS) is 15.7. The van der Waals surface area contributed by atoms with Crippen molar-refractivity contribution < 1.29 is 0 Å². The largest absolute Gasteiger partial charge is 0.321 e. The van der Waals surface area contributed by atoms with Crippen LogP contribution >= 0.6 is 11.8 Å². The van der Waals surface area contributed by atoms with E-state index in [1.807, 2.05) is 41.6 Å². The molecule has 5 rings (SSSR count). The zero-order valence-electron chi connectivity index (χ0n) is 19.0. The van der Waals surface area contributed by atoms with E-state index in [2.05, 4.69) is 62.7 Å². The molecule has 0 saturated carbocycles. The maximum atomic E-state index is 13.4. The molecule has 0 bridgehead atoms. The van der Waals surface area contributed by atoms with Crippen molar-refractivity contribution in [3.8, 4) is 0 Å². The van der Waals surface area contributed by atoms with Crippen molar-refractivity contribution in [3.05, 3.63) is 87.0 Å². The van der Waals surface area contributed by atoms with Crippen LogP contribution in [-0.2, 0) is 13.0 Å². The Hall–Kier alpha value is -2.97. The van der Waals surface area contributed by atoms with Crippen LogP contribution in [0.15, 0.2) is 53.3 Å². The van der Waals surface area contributed by atoms with Gasteiger partial charge < -0.3 is 4.98 Å². The Balaban J connectivity index is 1.59. The van der Waals surface area contributed by atoms with E-state index in [0.29, 0.717) is 12.1 Å². The van der Waals surface area contributed by atoms with Gasteiger partial charge in [0.15, 0.2) is 5.82 Å². The third kappa shape index (κ3) is 4.45. The zero-order valence-corrected chi connectivity index (χ0v) is 19.8. The fourth-order valence-electron chi connectivity index (χ4n) is 4.58. The van der Waals surface area contributed by atoms with Gasteiger partial charge in [-0.25, -0.2) is 4.68 Å². The van der Waals surface area contributed by atoms with E-state index in [-0.39, 0.29) is 11.6 Å². The van der Waals surface area contributed by atoms with E-state index in [1.165, 1.54) is 5.56 Å². The third-order valence-corrected chi connectivity index (χ3v) is 7.38. The first-order chi connectivity index (χ1) is 16.1. The number of nitrogens with one attached hydrogen (secondary N) is 1. The average molecular weight is 461 g/mol. The van der Waals surface area contributed by atoms with Crippen LogP contribution in [0.25, 0.3) is 10.9 Å². The number of aromatic amines is 1. The second kappa shape index (κ2) is 9.49. The van der Waals surface area contributed by atoms with Crippen molar-refractivity contribution in [1.82, 2.24) is 30.1 Å². The number of pyridine rings is 1. The van der Waals surface area contributed by atoms with Gasteiger partial charge in [-0.1, -0.05) is 42.5 Å². The molecule has 0 aliphatic carbocycles. The number of benzene rings is 2. The van der Waals surface area contributed by atoms with Gasteiger partial charge >= 0.3 is 0 Å². The van der Waals surface area contributed by atoms with Crippen molar-refractivity contribution in [2.45, 2.75) is 32.9 Å². The molecule has 3 heterocycles. The van der Waals surface area contributed by atoms with Crippen molar-refractivity contribution in [2.24, 2.45) is 0 Å². The molecule has 1 N–H and O–H groups in total. The summed E-state index contributed by atoms with van der Waals surface area (Å²) in [5.41, 5.74) is 4.98. The monoisotopic (exact) mass is 460 g/mol. The van der Waals surface area contributed by atoms with E-state index >= 15 is 0 Å². The summed E-state index contributed by atoms with van der Waals surface area (Å²) in [5.74, 6) is 2.80. The summed E-state index contributed by atoms with van der Waals surface area (Å²) in [7, 11) is 0. The molecule has 1 aliphatic rings. The standard InChI is InChI=1S/C25H28N6OS/c1-17-8-9-18(2)22-20(17)16-21(25(32)26-22)23(30-12-14-33-15-13-30)24-27-28-29-31(24)11-10-19-6-4-3-5-7-19/h3-9,16,23H,10-15H2,1-2H3,(H,26,32)/t23-/m0/s1. The van der Waals surface area contributed by atoms with Crippen LogP contribution in [0.2, 0.25) is 0 Å². The first kappa shape index (κ1) is 21.9. The van der Waals surface area contributed by atoms with Gasteiger partial charge in [0, 0.05) is 42.1 Å². The summed E-state index contributed by atoms with van der Waals surface area (Å²) >= 11 is 1.95. The molecular weight excluding hydrogens is 432 g/mol. The van der Waals surface area contributed by atoms with E-state index in [1.54, 1.807) is 0 Å². The minimum atomic E-state index is -0.287. The molecule has 0 amide bonds. The quantitative estimate of drug-likeness (QED) is 0.474. The van der Waals surface area contributed by atoms with E-state index in [4.69, 9.17) is 0 Å². The number of H-pyrrole nitrogens is 1. The summed E-state index contributed by atoms with van der Waals surface area (Å²) in [6.45, 7) is 6.56. The lowest BCUT2D eigenvalue weighted by molar-refractivity contribution is 0.233. The molecule has 1 atom stereocenters. The fourth-order valence-corrected chi connectivity index (χ4v) is 5.51. The van der Waals surface area contributed by atoms with E-state index in [0.717, 1.165) is 58.9 Å². The Morgan fingerprint density at radius 3 is 2.61 bits per heavy atom. The number of tetrazole rings is 1. The van der Waals surface area contributed by atoms with Gasteiger partial charge in [-0.05, 0) is 53.5 Å². The number of nitrogens with zero attached hydrogens (tertiary/aromatic N) is 5. The van der Waals surface area contributed by atoms with Gasteiger partial charge in [-0.15, -0.1) is 5.10 Å². The van der Waals surface area contributed by atoms with Gasteiger partial charge in [0.2, 0.25) is 0 Å². The number of aromatic nitrogens is 5. The Kier molecular flexibility index (Phi) is 6.28. The predicted octanol–water partition coefficient (Wildman–Crippen LogP) is 3.51. The Bertz CT molecular complexity index is 1310. The molecule has 4 aromatic rings. The lowest BCUT2D eigenvalue weighted by Gasteiger charge is -2.33. The topological polar surface area (TPSA) is 79.7 Å². The molecule has 170 valence electrons. The molecule has 0 radical (unpaired) electrons. The molecule has 2 aromatic heterocycles. The maximum absolute atomic E-state index is 13.4. The molecule has 7 nitrogen and oxygen atoms in total. The molecule has 0 spiro atoms. The van der Waals surface area contributed by atoms with Crippen molar-refractivity contribution in [3.63, 3.8) is 0 Å². The first-order valence-electron chi connectivity index (χ1n) is 11.4. The summed E-state index contributed by atoms with van der Waals surface area (Å²) in [4.78, 5) is 18.9. The summed E-state index contributed by atoms with van der Waals surface area (Å²) in [6.07, 6.45) is 0.827. The zero-order chi connectivity index (χ0) is 22.8. The lowest BCUT2D eigenvalue weighted by Crippen LogP contribution is -2.40. The van der Waals surface area contributed by atoms with Gasteiger partial charge in [0.1, 0.15) is 6.04 Å².